The van der Waals surface area contributed by atoms with Gasteiger partial charge in [0.05, 0.1) is 6.42 Å². The number of rotatable bonds is 4. The van der Waals surface area contributed by atoms with E-state index in [9.17, 15) is 4.79 Å². The van der Waals surface area contributed by atoms with Crippen LogP contribution in [0.2, 0.25) is 0 Å². The Kier molecular flexibility index (Phi) is 7.28. The Morgan fingerprint density at radius 1 is 1.33 bits per heavy atom. The summed E-state index contributed by atoms with van der Waals surface area (Å²) >= 11 is 0. The van der Waals surface area contributed by atoms with Crippen LogP contribution in [-0.2, 0) is 11.2 Å². The van der Waals surface area contributed by atoms with Gasteiger partial charge in [-0.1, -0.05) is 44.2 Å². The molecule has 15 heavy (non-hydrogen) atoms. The Morgan fingerprint density at radius 2 is 1.87 bits per heavy atom. The highest BCUT2D eigenvalue weighted by Crippen LogP contribution is 2.03. The summed E-state index contributed by atoms with van der Waals surface area (Å²) in [5.41, 5.74) is 6.71. The van der Waals surface area contributed by atoms with Crippen LogP contribution in [0.4, 0.5) is 0 Å². The smallest absolute Gasteiger partial charge is 0.304 e. The fraction of sp³-hybridized carbons (Fsp3) is 0.417. The first-order valence-corrected chi connectivity index (χ1v) is 5.20. The van der Waals surface area contributed by atoms with Crippen LogP contribution in [0.5, 0.6) is 0 Å². The minimum atomic E-state index is -0.844. The summed E-state index contributed by atoms with van der Waals surface area (Å²) in [5.74, 6) is -0.844. The molecule has 0 radical (unpaired) electrons. The van der Waals surface area contributed by atoms with Crippen LogP contribution >= 0.6 is 0 Å². The number of benzene rings is 1. The largest absolute Gasteiger partial charge is 0.481 e. The molecule has 0 saturated carbocycles. The number of hydrogen-bond acceptors (Lipinski definition) is 2. The number of aliphatic carboxylic acids is 1. The van der Waals surface area contributed by atoms with Crippen LogP contribution in [0, 0.1) is 0 Å². The normalized spacial score (nSPS) is 11.1. The van der Waals surface area contributed by atoms with Gasteiger partial charge in [0, 0.05) is 6.04 Å². The average Bonchev–Trinajstić information content (AvgIpc) is 2.21. The van der Waals surface area contributed by atoms with Crippen molar-refractivity contribution in [1.29, 1.82) is 0 Å². The number of carbonyl (C=O) groups is 1. The standard InChI is InChI=1S/C10H13NO2.C2H6/c11-9(7-10(12)13)6-8-4-2-1-3-5-8;1-2/h1-5,9H,6-7,11H2,(H,12,13);1-2H3/t9-;/m0./s1. The van der Waals surface area contributed by atoms with Gasteiger partial charge in [0.2, 0.25) is 0 Å². The van der Waals surface area contributed by atoms with E-state index in [2.05, 4.69) is 0 Å². The van der Waals surface area contributed by atoms with Crippen molar-refractivity contribution in [2.24, 2.45) is 5.73 Å². The van der Waals surface area contributed by atoms with Crippen molar-refractivity contribution in [3.05, 3.63) is 35.9 Å². The zero-order valence-corrected chi connectivity index (χ0v) is 9.31. The van der Waals surface area contributed by atoms with Crippen LogP contribution in [0.15, 0.2) is 30.3 Å². The van der Waals surface area contributed by atoms with Gasteiger partial charge in [0.1, 0.15) is 0 Å². The van der Waals surface area contributed by atoms with E-state index in [0.29, 0.717) is 6.42 Å². The summed E-state index contributed by atoms with van der Waals surface area (Å²) in [4.78, 5) is 10.3. The Labute approximate surface area is 90.9 Å². The molecule has 0 bridgehead atoms. The Bertz CT molecular complexity index is 272. The molecule has 1 aromatic rings. The Hall–Kier alpha value is -1.35. The van der Waals surface area contributed by atoms with Gasteiger partial charge >= 0.3 is 5.97 Å². The topological polar surface area (TPSA) is 63.3 Å². The molecule has 0 aliphatic heterocycles. The van der Waals surface area contributed by atoms with Gasteiger partial charge in [-0.25, -0.2) is 0 Å². The number of hydrogen-bond donors (Lipinski definition) is 2. The van der Waals surface area contributed by atoms with E-state index in [1.54, 1.807) is 0 Å². The highest BCUT2D eigenvalue weighted by Gasteiger charge is 2.07. The lowest BCUT2D eigenvalue weighted by Gasteiger charge is -2.07. The van der Waals surface area contributed by atoms with E-state index in [0.717, 1.165) is 5.56 Å². The van der Waals surface area contributed by atoms with Gasteiger partial charge in [-0.3, -0.25) is 4.79 Å². The molecule has 1 atom stereocenters. The summed E-state index contributed by atoms with van der Waals surface area (Å²) < 4.78 is 0. The minimum Gasteiger partial charge on any atom is -0.481 e. The molecule has 0 aliphatic carbocycles. The predicted molar refractivity (Wildman–Crippen MR) is 61.7 cm³/mol. The second kappa shape index (κ2) is 8.00. The minimum absolute atomic E-state index is 0.0227. The van der Waals surface area contributed by atoms with Crippen molar-refractivity contribution < 1.29 is 9.90 Å². The summed E-state index contributed by atoms with van der Waals surface area (Å²) in [6.45, 7) is 4.00. The van der Waals surface area contributed by atoms with Crippen LogP contribution in [0.25, 0.3) is 0 Å². The predicted octanol–water partition coefficient (Wildman–Crippen LogP) is 2.06. The van der Waals surface area contributed by atoms with Crippen molar-refractivity contribution in [2.75, 3.05) is 0 Å². The first-order chi connectivity index (χ1) is 7.18. The first-order valence-electron chi connectivity index (χ1n) is 5.20. The molecule has 0 fully saturated rings. The molecular weight excluding hydrogens is 190 g/mol. The highest BCUT2D eigenvalue weighted by atomic mass is 16.4. The molecule has 1 rings (SSSR count). The second-order valence-electron chi connectivity index (χ2n) is 3.05. The summed E-state index contributed by atoms with van der Waals surface area (Å²) in [6.07, 6.45) is 0.641. The lowest BCUT2D eigenvalue weighted by molar-refractivity contribution is -0.137. The zero-order valence-electron chi connectivity index (χ0n) is 9.31. The van der Waals surface area contributed by atoms with Crippen LogP contribution in [-0.4, -0.2) is 17.1 Å². The molecule has 0 amide bonds. The monoisotopic (exact) mass is 209 g/mol. The van der Waals surface area contributed by atoms with Crippen molar-refractivity contribution in [1.82, 2.24) is 0 Å². The molecule has 3 nitrogen and oxygen atoms in total. The molecule has 3 N–H and O–H groups in total. The fourth-order valence-electron chi connectivity index (χ4n) is 1.21. The molecule has 1 aromatic carbocycles. The van der Waals surface area contributed by atoms with Crippen molar-refractivity contribution in [3.63, 3.8) is 0 Å². The van der Waals surface area contributed by atoms with Gasteiger partial charge in [-0.2, -0.15) is 0 Å². The van der Waals surface area contributed by atoms with Crippen LogP contribution in [0.3, 0.4) is 0 Å². The maximum absolute atomic E-state index is 10.3. The van der Waals surface area contributed by atoms with E-state index in [-0.39, 0.29) is 12.5 Å². The Morgan fingerprint density at radius 3 is 2.33 bits per heavy atom. The summed E-state index contributed by atoms with van der Waals surface area (Å²) in [7, 11) is 0. The quantitative estimate of drug-likeness (QED) is 0.797. The number of carboxylic acid groups (broad SMARTS) is 1. The summed E-state index contributed by atoms with van der Waals surface area (Å²) in [6, 6.07) is 9.36. The third-order valence-corrected chi connectivity index (χ3v) is 1.78. The lowest BCUT2D eigenvalue weighted by Crippen LogP contribution is -2.25. The van der Waals surface area contributed by atoms with E-state index in [1.807, 2.05) is 44.2 Å². The van der Waals surface area contributed by atoms with Crippen LogP contribution < -0.4 is 5.73 Å². The molecule has 84 valence electrons. The molecule has 0 unspecified atom stereocenters. The van der Waals surface area contributed by atoms with E-state index < -0.39 is 5.97 Å². The van der Waals surface area contributed by atoms with Gasteiger partial charge in [-0.15, -0.1) is 0 Å². The maximum Gasteiger partial charge on any atom is 0.304 e. The SMILES string of the molecule is CC.N[C@H](CC(=O)O)Cc1ccccc1. The highest BCUT2D eigenvalue weighted by molar-refractivity contribution is 5.67. The lowest BCUT2D eigenvalue weighted by atomic mass is 10.0. The van der Waals surface area contributed by atoms with Crippen molar-refractivity contribution in [3.8, 4) is 0 Å². The maximum atomic E-state index is 10.3. The molecule has 0 aliphatic rings. The molecule has 0 saturated heterocycles. The average molecular weight is 209 g/mol. The zero-order chi connectivity index (χ0) is 11.7. The van der Waals surface area contributed by atoms with Crippen LogP contribution in [0.1, 0.15) is 25.8 Å². The van der Waals surface area contributed by atoms with E-state index >= 15 is 0 Å². The van der Waals surface area contributed by atoms with E-state index in [1.165, 1.54) is 0 Å². The van der Waals surface area contributed by atoms with Gasteiger partial charge in [0.15, 0.2) is 0 Å². The summed E-state index contributed by atoms with van der Waals surface area (Å²) in [5, 5.41) is 8.48. The van der Waals surface area contributed by atoms with Gasteiger partial charge in [0.25, 0.3) is 0 Å². The third-order valence-electron chi connectivity index (χ3n) is 1.78. The van der Waals surface area contributed by atoms with Gasteiger partial charge < -0.3 is 10.8 Å². The fourth-order valence-corrected chi connectivity index (χ4v) is 1.21. The molecular formula is C12H19NO2. The van der Waals surface area contributed by atoms with E-state index in [4.69, 9.17) is 10.8 Å². The third kappa shape index (κ3) is 6.69. The molecule has 0 spiro atoms. The first kappa shape index (κ1) is 13.7. The second-order valence-corrected chi connectivity index (χ2v) is 3.05. The molecule has 3 heteroatoms. The molecule has 0 aromatic heterocycles. The Balaban J connectivity index is 0.000000921. The van der Waals surface area contributed by atoms with Crippen molar-refractivity contribution >= 4 is 5.97 Å². The number of carboxylic acids is 1. The number of nitrogens with two attached hydrogens (primary N) is 1. The van der Waals surface area contributed by atoms with Gasteiger partial charge in [-0.05, 0) is 12.0 Å². The van der Waals surface area contributed by atoms with Crippen molar-refractivity contribution in [2.45, 2.75) is 32.7 Å². The molecule has 0 heterocycles.